The van der Waals surface area contributed by atoms with Gasteiger partial charge in [0.15, 0.2) is 11.5 Å². The van der Waals surface area contributed by atoms with E-state index in [1.54, 1.807) is 36.4 Å². The third-order valence-electron chi connectivity index (χ3n) is 6.76. The highest BCUT2D eigenvalue weighted by Crippen LogP contribution is 2.48. The summed E-state index contributed by atoms with van der Waals surface area (Å²) in [6, 6.07) is 18.2. The maximum Gasteiger partial charge on any atom is 0.260 e. The lowest BCUT2D eigenvalue weighted by Crippen LogP contribution is -2.11. The van der Waals surface area contributed by atoms with Crippen molar-refractivity contribution in [3.63, 3.8) is 0 Å². The normalized spacial score (nSPS) is 17.6. The molecular formula is C27H19Cl2NO4. The molecule has 2 aliphatic rings. The molecule has 0 spiro atoms. The molecule has 3 aromatic carbocycles. The molecule has 1 aliphatic heterocycles. The SMILES string of the molecule is O=C1Nc2cc(Cl)c(-c3ccc(C4(CO)CC4)cc3)cc2/C1=C(/O)c1cc2cc(Cl)ccc2o1. The lowest BCUT2D eigenvalue weighted by molar-refractivity contribution is -0.110. The molecule has 0 radical (unpaired) electrons. The van der Waals surface area contributed by atoms with Crippen molar-refractivity contribution < 1.29 is 19.4 Å². The van der Waals surface area contributed by atoms with E-state index in [1.165, 1.54) is 0 Å². The Morgan fingerprint density at radius 3 is 2.47 bits per heavy atom. The molecule has 0 atom stereocenters. The molecular weight excluding hydrogens is 473 g/mol. The molecule has 1 saturated carbocycles. The summed E-state index contributed by atoms with van der Waals surface area (Å²) in [5.41, 5.74) is 4.34. The van der Waals surface area contributed by atoms with E-state index in [-0.39, 0.29) is 29.1 Å². The first-order valence-corrected chi connectivity index (χ1v) is 11.6. The van der Waals surface area contributed by atoms with Crippen LogP contribution in [0.5, 0.6) is 0 Å². The van der Waals surface area contributed by atoms with Gasteiger partial charge in [-0.25, -0.2) is 0 Å². The zero-order valence-electron chi connectivity index (χ0n) is 17.9. The van der Waals surface area contributed by atoms with Crippen LogP contribution >= 0.6 is 23.2 Å². The van der Waals surface area contributed by atoms with Gasteiger partial charge in [0.1, 0.15) is 5.58 Å². The Labute approximate surface area is 205 Å². The predicted octanol–water partition coefficient (Wildman–Crippen LogP) is 6.81. The van der Waals surface area contributed by atoms with E-state index < -0.39 is 5.91 Å². The van der Waals surface area contributed by atoms with Gasteiger partial charge in [0.05, 0.1) is 22.9 Å². The van der Waals surface area contributed by atoms with Gasteiger partial charge < -0.3 is 19.9 Å². The average Bonchev–Trinajstić information content (AvgIpc) is 3.41. The molecule has 0 saturated heterocycles. The van der Waals surface area contributed by atoms with Gasteiger partial charge >= 0.3 is 0 Å². The van der Waals surface area contributed by atoms with Crippen LogP contribution in [0.15, 0.2) is 65.1 Å². The van der Waals surface area contributed by atoms with Crippen LogP contribution in [0.25, 0.3) is 33.4 Å². The van der Waals surface area contributed by atoms with E-state index in [0.29, 0.717) is 26.9 Å². The summed E-state index contributed by atoms with van der Waals surface area (Å²) in [5, 5.41) is 25.3. The number of amides is 1. The Hall–Kier alpha value is -3.25. The molecule has 3 N–H and O–H groups in total. The zero-order chi connectivity index (χ0) is 23.6. The van der Waals surface area contributed by atoms with Gasteiger partial charge in [0.25, 0.3) is 5.91 Å². The van der Waals surface area contributed by atoms with E-state index >= 15 is 0 Å². The maximum atomic E-state index is 12.8. The first kappa shape index (κ1) is 21.3. The Balaban J connectivity index is 1.44. The van der Waals surface area contributed by atoms with Gasteiger partial charge in [-0.1, -0.05) is 47.5 Å². The predicted molar refractivity (Wildman–Crippen MR) is 134 cm³/mol. The summed E-state index contributed by atoms with van der Waals surface area (Å²) in [5.74, 6) is -0.520. The van der Waals surface area contributed by atoms with Gasteiger partial charge in [-0.3, -0.25) is 4.79 Å². The van der Waals surface area contributed by atoms with Gasteiger partial charge in [-0.2, -0.15) is 0 Å². The summed E-state index contributed by atoms with van der Waals surface area (Å²) in [4.78, 5) is 12.8. The minimum absolute atomic E-state index is 0.116. The van der Waals surface area contributed by atoms with Crippen molar-refractivity contribution in [1.29, 1.82) is 0 Å². The fourth-order valence-corrected chi connectivity index (χ4v) is 5.05. The number of halogens is 2. The van der Waals surface area contributed by atoms with Crippen molar-refractivity contribution in [1.82, 2.24) is 0 Å². The Morgan fingerprint density at radius 1 is 1.00 bits per heavy atom. The quantitative estimate of drug-likeness (QED) is 0.216. The number of anilines is 1. The standard InChI is InChI=1S/C27H19Cl2NO4/c28-17-5-6-22-15(9-17)10-23(34-22)25(32)24-19-11-18(20(29)12-21(19)30-26(24)33)14-1-3-16(4-2-14)27(13-31)7-8-27/h1-6,9-12,31-32H,7-8,13H2,(H,30,33)/b25-24-. The summed E-state index contributed by atoms with van der Waals surface area (Å²) in [6.07, 6.45) is 1.97. The highest BCUT2D eigenvalue weighted by atomic mass is 35.5. The van der Waals surface area contributed by atoms with E-state index in [9.17, 15) is 15.0 Å². The topological polar surface area (TPSA) is 82.7 Å². The van der Waals surface area contributed by atoms with Crippen molar-refractivity contribution in [2.24, 2.45) is 0 Å². The van der Waals surface area contributed by atoms with E-state index in [2.05, 4.69) is 5.32 Å². The molecule has 1 aromatic heterocycles. The van der Waals surface area contributed by atoms with Crippen molar-refractivity contribution >= 4 is 57.1 Å². The molecule has 170 valence electrons. The number of aliphatic hydroxyl groups is 2. The van der Waals surface area contributed by atoms with Crippen molar-refractivity contribution in [2.75, 3.05) is 11.9 Å². The minimum atomic E-state index is -0.437. The summed E-state index contributed by atoms with van der Waals surface area (Å²) in [7, 11) is 0. The van der Waals surface area contributed by atoms with Crippen molar-refractivity contribution in [3.05, 3.63) is 87.6 Å². The lowest BCUT2D eigenvalue weighted by Gasteiger charge is -2.14. The second-order valence-corrected chi connectivity index (χ2v) is 9.71. The van der Waals surface area contributed by atoms with Crippen LogP contribution in [0.4, 0.5) is 5.69 Å². The van der Waals surface area contributed by atoms with Crippen LogP contribution in [-0.2, 0) is 10.2 Å². The number of rotatable bonds is 4. The van der Waals surface area contributed by atoms with E-state index in [1.807, 2.05) is 24.3 Å². The summed E-state index contributed by atoms with van der Waals surface area (Å²) < 4.78 is 5.77. The van der Waals surface area contributed by atoms with Crippen molar-refractivity contribution in [2.45, 2.75) is 18.3 Å². The molecule has 0 bridgehead atoms. The lowest BCUT2D eigenvalue weighted by atomic mass is 9.93. The highest BCUT2D eigenvalue weighted by Gasteiger charge is 2.43. The Bertz CT molecular complexity index is 1510. The molecule has 6 rings (SSSR count). The van der Waals surface area contributed by atoms with Gasteiger partial charge in [-0.15, -0.1) is 0 Å². The van der Waals surface area contributed by atoms with Crippen molar-refractivity contribution in [3.8, 4) is 11.1 Å². The van der Waals surface area contributed by atoms with Gasteiger partial charge in [-0.05, 0) is 60.4 Å². The number of carbonyl (C=O) groups excluding carboxylic acids is 1. The van der Waals surface area contributed by atoms with Crippen LogP contribution in [0.2, 0.25) is 10.0 Å². The minimum Gasteiger partial charge on any atom is -0.504 e. The maximum absolute atomic E-state index is 12.8. The average molecular weight is 492 g/mol. The third-order valence-corrected chi connectivity index (χ3v) is 7.31. The second-order valence-electron chi connectivity index (χ2n) is 8.86. The third kappa shape index (κ3) is 3.31. The number of nitrogens with one attached hydrogen (secondary N) is 1. The Morgan fingerprint density at radius 2 is 1.76 bits per heavy atom. The molecule has 1 fully saturated rings. The number of furan rings is 1. The van der Waals surface area contributed by atoms with Gasteiger partial charge in [0.2, 0.25) is 0 Å². The molecule has 1 amide bonds. The number of hydrogen-bond acceptors (Lipinski definition) is 4. The number of benzene rings is 3. The van der Waals surface area contributed by atoms with E-state index in [4.69, 9.17) is 27.6 Å². The molecule has 4 aromatic rings. The van der Waals surface area contributed by atoms with Gasteiger partial charge in [0, 0.05) is 27.0 Å². The monoisotopic (exact) mass is 491 g/mol. The summed E-state index contributed by atoms with van der Waals surface area (Å²) >= 11 is 12.6. The number of hydrogen-bond donors (Lipinski definition) is 3. The van der Waals surface area contributed by atoms with Crippen LogP contribution < -0.4 is 5.32 Å². The molecule has 5 nitrogen and oxygen atoms in total. The number of aliphatic hydroxyl groups excluding tert-OH is 2. The first-order valence-electron chi connectivity index (χ1n) is 10.9. The molecule has 2 heterocycles. The van der Waals surface area contributed by atoms with E-state index in [0.717, 1.165) is 34.9 Å². The zero-order valence-corrected chi connectivity index (χ0v) is 19.4. The fourth-order valence-electron chi connectivity index (χ4n) is 4.59. The molecule has 0 unspecified atom stereocenters. The van der Waals surface area contributed by atoms with Crippen LogP contribution in [0.3, 0.4) is 0 Å². The van der Waals surface area contributed by atoms with Crippen LogP contribution in [-0.4, -0.2) is 22.7 Å². The molecule has 7 heteroatoms. The first-order chi connectivity index (χ1) is 16.4. The summed E-state index contributed by atoms with van der Waals surface area (Å²) in [6.45, 7) is 0.140. The molecule has 1 aliphatic carbocycles. The number of fused-ring (bicyclic) bond motifs is 2. The highest BCUT2D eigenvalue weighted by molar-refractivity contribution is 6.38. The van der Waals surface area contributed by atoms with Crippen LogP contribution in [0, 0.1) is 0 Å². The Kier molecular flexibility index (Phi) is 4.78. The van der Waals surface area contributed by atoms with Crippen LogP contribution in [0.1, 0.15) is 29.7 Å². The fraction of sp³-hybridized carbons (Fsp3) is 0.148. The number of carbonyl (C=O) groups is 1. The molecule has 34 heavy (non-hydrogen) atoms. The largest absolute Gasteiger partial charge is 0.504 e. The second kappa shape index (κ2) is 7.64. The smallest absolute Gasteiger partial charge is 0.260 e.